The Kier molecular flexibility index (Phi) is 9.42. The van der Waals surface area contributed by atoms with Gasteiger partial charge in [-0.25, -0.2) is 0 Å². The molecule has 3 heteroatoms. The molecule has 0 saturated heterocycles. The average Bonchev–Trinajstić information content (AvgIpc) is 2.85. The Bertz CT molecular complexity index is 271. The van der Waals surface area contributed by atoms with Gasteiger partial charge in [0.2, 0.25) is 0 Å². The molecule has 1 aliphatic heterocycles. The van der Waals surface area contributed by atoms with Crippen molar-refractivity contribution in [2.75, 3.05) is 26.2 Å². The number of hydrogen-bond donors (Lipinski definition) is 1. The molecule has 1 aliphatic rings. The maximum absolute atomic E-state index is 5.61. The number of aliphatic imine (C=N–C) groups is 1. The lowest BCUT2D eigenvalue weighted by molar-refractivity contribution is 0.456. The van der Waals surface area contributed by atoms with Crippen molar-refractivity contribution in [3.63, 3.8) is 0 Å². The van der Waals surface area contributed by atoms with Gasteiger partial charge in [0.25, 0.3) is 0 Å². The van der Waals surface area contributed by atoms with Crippen molar-refractivity contribution >= 4 is 5.84 Å². The number of amidine groups is 1. The van der Waals surface area contributed by atoms with Crippen LogP contribution in [0.4, 0.5) is 0 Å². The van der Waals surface area contributed by atoms with E-state index in [1.165, 1.54) is 50.8 Å². The van der Waals surface area contributed by atoms with Crippen LogP contribution in [0, 0.1) is 0 Å². The van der Waals surface area contributed by atoms with Gasteiger partial charge in [0.1, 0.15) is 0 Å². The van der Waals surface area contributed by atoms with E-state index in [1.807, 2.05) is 0 Å². The molecule has 0 unspecified atom stereocenters. The van der Waals surface area contributed by atoms with Crippen LogP contribution in [0.15, 0.2) is 17.1 Å². The van der Waals surface area contributed by atoms with Gasteiger partial charge < -0.3 is 10.6 Å². The molecule has 0 saturated carbocycles. The minimum atomic E-state index is 0.740. The summed E-state index contributed by atoms with van der Waals surface area (Å²) < 4.78 is 0. The highest BCUT2D eigenvalue weighted by Crippen LogP contribution is 2.12. The molecule has 0 fully saturated rings. The van der Waals surface area contributed by atoms with Gasteiger partial charge in [-0.2, -0.15) is 0 Å². The van der Waals surface area contributed by atoms with Crippen LogP contribution in [-0.4, -0.2) is 36.9 Å². The minimum Gasteiger partial charge on any atom is -0.357 e. The highest BCUT2D eigenvalue weighted by molar-refractivity contribution is 5.83. The molecule has 0 aliphatic carbocycles. The number of unbranched alkanes of at least 4 members (excludes halogenated alkanes) is 5. The first kappa shape index (κ1) is 16.2. The second-order valence-electron chi connectivity index (χ2n) is 5.26. The van der Waals surface area contributed by atoms with E-state index >= 15 is 0 Å². The number of allylic oxidation sites excluding steroid dienone is 2. The summed E-state index contributed by atoms with van der Waals surface area (Å²) in [6.45, 7) is 5.96. The monoisotopic (exact) mass is 265 g/mol. The molecule has 0 atom stereocenters. The largest absolute Gasteiger partial charge is 0.357 e. The highest BCUT2D eigenvalue weighted by atomic mass is 15.2. The van der Waals surface area contributed by atoms with Crippen molar-refractivity contribution in [3.05, 3.63) is 12.2 Å². The molecule has 1 rings (SSSR count). The molecule has 0 spiro atoms. The molecule has 3 nitrogen and oxygen atoms in total. The second-order valence-corrected chi connectivity index (χ2v) is 5.26. The van der Waals surface area contributed by atoms with Crippen LogP contribution in [0.3, 0.4) is 0 Å². The first-order chi connectivity index (χ1) is 9.38. The standard InChI is InChI=1S/C16H31N3/c1-2-3-4-5-6-7-8-9-10-11-16-18-13-15-19(16)14-12-17/h3-4H,2,5-15,17H2,1H3/b4-3+. The lowest BCUT2D eigenvalue weighted by atomic mass is 10.1. The second kappa shape index (κ2) is 11.0. The van der Waals surface area contributed by atoms with E-state index in [-0.39, 0.29) is 0 Å². The van der Waals surface area contributed by atoms with Crippen molar-refractivity contribution in [2.24, 2.45) is 10.7 Å². The highest BCUT2D eigenvalue weighted by Gasteiger charge is 2.14. The van der Waals surface area contributed by atoms with Gasteiger partial charge in [0.15, 0.2) is 0 Å². The van der Waals surface area contributed by atoms with Gasteiger partial charge in [-0.1, -0.05) is 38.3 Å². The Labute approximate surface area is 119 Å². The molecule has 110 valence electrons. The first-order valence-electron chi connectivity index (χ1n) is 8.01. The summed E-state index contributed by atoms with van der Waals surface area (Å²) in [4.78, 5) is 6.94. The number of rotatable bonds is 11. The lowest BCUT2D eigenvalue weighted by Crippen LogP contribution is -2.32. The topological polar surface area (TPSA) is 41.6 Å². The molecule has 0 radical (unpaired) electrons. The van der Waals surface area contributed by atoms with Crippen LogP contribution in [0.1, 0.15) is 58.3 Å². The van der Waals surface area contributed by atoms with Crippen LogP contribution in [-0.2, 0) is 0 Å². The van der Waals surface area contributed by atoms with E-state index in [2.05, 4.69) is 29.0 Å². The van der Waals surface area contributed by atoms with Crippen molar-refractivity contribution in [3.8, 4) is 0 Å². The lowest BCUT2D eigenvalue weighted by Gasteiger charge is -2.19. The fourth-order valence-electron chi connectivity index (χ4n) is 2.52. The van der Waals surface area contributed by atoms with E-state index in [9.17, 15) is 0 Å². The first-order valence-corrected chi connectivity index (χ1v) is 8.01. The zero-order valence-electron chi connectivity index (χ0n) is 12.6. The predicted molar refractivity (Wildman–Crippen MR) is 84.7 cm³/mol. The molecular formula is C16H31N3. The normalized spacial score (nSPS) is 15.5. The summed E-state index contributed by atoms with van der Waals surface area (Å²) in [5, 5.41) is 0. The van der Waals surface area contributed by atoms with Gasteiger partial charge in [-0.15, -0.1) is 0 Å². The third kappa shape index (κ3) is 7.36. The minimum absolute atomic E-state index is 0.740. The average molecular weight is 265 g/mol. The van der Waals surface area contributed by atoms with Gasteiger partial charge >= 0.3 is 0 Å². The summed E-state index contributed by atoms with van der Waals surface area (Å²) in [5.74, 6) is 1.30. The quantitative estimate of drug-likeness (QED) is 0.460. The van der Waals surface area contributed by atoms with E-state index in [0.29, 0.717) is 0 Å². The maximum Gasteiger partial charge on any atom is 0.0990 e. The maximum atomic E-state index is 5.61. The summed E-state index contributed by atoms with van der Waals surface area (Å²) in [6.07, 6.45) is 14.9. The molecule has 2 N–H and O–H groups in total. The fraction of sp³-hybridized carbons (Fsp3) is 0.812. The summed E-state index contributed by atoms with van der Waals surface area (Å²) in [7, 11) is 0. The summed E-state index contributed by atoms with van der Waals surface area (Å²) in [5.41, 5.74) is 5.61. The Hall–Kier alpha value is -0.830. The number of hydrogen-bond acceptors (Lipinski definition) is 3. The molecule has 0 aromatic carbocycles. The molecule has 0 aromatic heterocycles. The Morgan fingerprint density at radius 1 is 1.16 bits per heavy atom. The Morgan fingerprint density at radius 2 is 1.95 bits per heavy atom. The molecule has 19 heavy (non-hydrogen) atoms. The van der Waals surface area contributed by atoms with Crippen LogP contribution in [0.2, 0.25) is 0 Å². The SMILES string of the molecule is CC/C=C/CCCCCCCC1=NCCN1CCN. The smallest absolute Gasteiger partial charge is 0.0990 e. The molecule has 0 bridgehead atoms. The van der Waals surface area contributed by atoms with Gasteiger partial charge in [-0.3, -0.25) is 4.99 Å². The molecular weight excluding hydrogens is 234 g/mol. The Morgan fingerprint density at radius 3 is 2.74 bits per heavy atom. The van der Waals surface area contributed by atoms with E-state index in [4.69, 9.17) is 5.73 Å². The van der Waals surface area contributed by atoms with Crippen LogP contribution in [0.5, 0.6) is 0 Å². The van der Waals surface area contributed by atoms with Crippen LogP contribution < -0.4 is 5.73 Å². The van der Waals surface area contributed by atoms with E-state index < -0.39 is 0 Å². The zero-order chi connectivity index (χ0) is 13.8. The van der Waals surface area contributed by atoms with Crippen LogP contribution >= 0.6 is 0 Å². The third-order valence-corrected chi connectivity index (χ3v) is 3.60. The van der Waals surface area contributed by atoms with Crippen molar-refractivity contribution in [1.29, 1.82) is 0 Å². The summed E-state index contributed by atoms with van der Waals surface area (Å²) in [6, 6.07) is 0. The molecule has 0 amide bonds. The van der Waals surface area contributed by atoms with Gasteiger partial charge in [0.05, 0.1) is 12.4 Å². The number of nitrogens with zero attached hydrogens (tertiary/aromatic N) is 2. The van der Waals surface area contributed by atoms with Crippen molar-refractivity contribution in [2.45, 2.75) is 58.3 Å². The molecule has 0 aromatic rings. The van der Waals surface area contributed by atoms with Gasteiger partial charge in [0, 0.05) is 26.1 Å². The third-order valence-electron chi connectivity index (χ3n) is 3.60. The van der Waals surface area contributed by atoms with E-state index in [1.54, 1.807) is 0 Å². The van der Waals surface area contributed by atoms with Gasteiger partial charge in [-0.05, 0) is 25.7 Å². The molecule has 1 heterocycles. The zero-order valence-corrected chi connectivity index (χ0v) is 12.6. The fourth-order valence-corrected chi connectivity index (χ4v) is 2.52. The number of nitrogens with two attached hydrogens (primary N) is 1. The summed E-state index contributed by atoms with van der Waals surface area (Å²) >= 11 is 0. The predicted octanol–water partition coefficient (Wildman–Crippen LogP) is 3.36. The Balaban J connectivity index is 1.94. The van der Waals surface area contributed by atoms with Crippen molar-refractivity contribution in [1.82, 2.24) is 4.90 Å². The van der Waals surface area contributed by atoms with Crippen molar-refractivity contribution < 1.29 is 0 Å². The van der Waals surface area contributed by atoms with E-state index in [0.717, 1.165) is 32.6 Å². The van der Waals surface area contributed by atoms with Crippen LogP contribution in [0.25, 0.3) is 0 Å².